The zero-order valence-electron chi connectivity index (χ0n) is 19.9. The Balaban J connectivity index is 1.44. The van der Waals surface area contributed by atoms with Crippen LogP contribution in [-0.4, -0.2) is 37.3 Å². The van der Waals surface area contributed by atoms with E-state index in [9.17, 15) is 9.59 Å². The van der Waals surface area contributed by atoms with Gasteiger partial charge in [-0.2, -0.15) is 15.4 Å². The maximum absolute atomic E-state index is 13.0. The Hall–Kier alpha value is -4.12. The van der Waals surface area contributed by atoms with E-state index in [4.69, 9.17) is 14.7 Å². The lowest BCUT2D eigenvalue weighted by molar-refractivity contribution is -0.124. The lowest BCUT2D eigenvalue weighted by Crippen LogP contribution is -2.39. The molecule has 180 valence electrons. The van der Waals surface area contributed by atoms with Crippen molar-refractivity contribution >= 4 is 29.3 Å². The lowest BCUT2D eigenvalue weighted by atomic mass is 9.95. The fourth-order valence-corrected chi connectivity index (χ4v) is 4.26. The van der Waals surface area contributed by atoms with E-state index < -0.39 is 0 Å². The van der Waals surface area contributed by atoms with Crippen LogP contribution in [0.4, 0.5) is 5.69 Å². The van der Waals surface area contributed by atoms with Crippen molar-refractivity contribution in [3.8, 4) is 17.6 Å². The summed E-state index contributed by atoms with van der Waals surface area (Å²) in [5.74, 6) is 0.520. The van der Waals surface area contributed by atoms with E-state index in [1.54, 1.807) is 55.5 Å². The summed E-state index contributed by atoms with van der Waals surface area (Å²) < 4.78 is 11.2. The molecule has 0 atom stereocenters. The van der Waals surface area contributed by atoms with E-state index in [0.717, 1.165) is 31.2 Å². The topological polar surface area (TPSA) is 104 Å². The number of nitrogens with zero attached hydrogens (tertiary/aromatic N) is 3. The molecule has 0 aromatic heterocycles. The van der Waals surface area contributed by atoms with Gasteiger partial charge in [0.15, 0.2) is 18.1 Å². The first-order valence-electron chi connectivity index (χ1n) is 11.7. The first-order valence-corrected chi connectivity index (χ1v) is 11.7. The molecule has 1 heterocycles. The molecule has 1 aliphatic carbocycles. The van der Waals surface area contributed by atoms with Crippen LogP contribution in [0.2, 0.25) is 0 Å². The molecule has 2 aromatic rings. The van der Waals surface area contributed by atoms with Crippen molar-refractivity contribution in [1.29, 1.82) is 5.26 Å². The standard InChI is InChI=1S/C27H28N4O4/c1-18-23(27(33)31(30-18)22-11-8-19(16-28)9-12-22)14-20-10-13-24(25(15-20)34-2)35-17-26(32)29-21-6-4-3-5-7-21/h8-15,21H,3-7,17H2,1-2H3,(H,29,32)/b23-14+. The van der Waals surface area contributed by atoms with Crippen LogP contribution < -0.4 is 19.8 Å². The van der Waals surface area contributed by atoms with Crippen LogP contribution in [0.1, 0.15) is 50.2 Å². The van der Waals surface area contributed by atoms with Gasteiger partial charge in [0.2, 0.25) is 0 Å². The van der Waals surface area contributed by atoms with Gasteiger partial charge < -0.3 is 14.8 Å². The molecule has 0 bridgehead atoms. The van der Waals surface area contributed by atoms with Crippen LogP contribution in [-0.2, 0) is 9.59 Å². The molecule has 35 heavy (non-hydrogen) atoms. The molecule has 1 fully saturated rings. The summed E-state index contributed by atoms with van der Waals surface area (Å²) in [4.78, 5) is 25.3. The average Bonchev–Trinajstić information content (AvgIpc) is 3.16. The summed E-state index contributed by atoms with van der Waals surface area (Å²) in [5.41, 5.74) is 2.87. The van der Waals surface area contributed by atoms with Crippen molar-refractivity contribution in [2.45, 2.75) is 45.1 Å². The van der Waals surface area contributed by atoms with Gasteiger partial charge >= 0.3 is 0 Å². The molecule has 4 rings (SSSR count). The zero-order valence-corrected chi connectivity index (χ0v) is 19.9. The number of nitrogens with one attached hydrogen (secondary N) is 1. The largest absolute Gasteiger partial charge is 0.493 e. The number of amides is 2. The molecule has 2 aliphatic rings. The van der Waals surface area contributed by atoms with Crippen molar-refractivity contribution in [3.63, 3.8) is 0 Å². The van der Waals surface area contributed by atoms with Crippen molar-refractivity contribution < 1.29 is 19.1 Å². The van der Waals surface area contributed by atoms with E-state index >= 15 is 0 Å². The van der Waals surface area contributed by atoms with Crippen LogP contribution >= 0.6 is 0 Å². The van der Waals surface area contributed by atoms with Gasteiger partial charge in [0.05, 0.1) is 35.7 Å². The molecule has 0 unspecified atom stereocenters. The molecule has 2 amide bonds. The fraction of sp³-hybridized carbons (Fsp3) is 0.333. The Morgan fingerprint density at radius 3 is 2.60 bits per heavy atom. The Morgan fingerprint density at radius 2 is 1.91 bits per heavy atom. The average molecular weight is 473 g/mol. The molecule has 0 saturated heterocycles. The first kappa shape index (κ1) is 24.0. The third-order valence-corrected chi connectivity index (χ3v) is 6.13. The summed E-state index contributed by atoms with van der Waals surface area (Å²) in [6.45, 7) is 1.68. The molecule has 0 spiro atoms. The highest BCUT2D eigenvalue weighted by molar-refractivity contribution is 6.32. The van der Waals surface area contributed by atoms with E-state index in [1.807, 2.05) is 0 Å². The molecule has 0 radical (unpaired) electrons. The second-order valence-corrected chi connectivity index (χ2v) is 8.62. The molecular formula is C27H28N4O4. The zero-order chi connectivity index (χ0) is 24.8. The number of rotatable bonds is 7. The number of hydrogen-bond acceptors (Lipinski definition) is 6. The van der Waals surface area contributed by atoms with Gasteiger partial charge in [-0.05, 0) is 67.8 Å². The number of anilines is 1. The highest BCUT2D eigenvalue weighted by atomic mass is 16.5. The first-order chi connectivity index (χ1) is 17.0. The number of hydrazone groups is 1. The minimum absolute atomic E-state index is 0.0862. The van der Waals surface area contributed by atoms with E-state index in [-0.39, 0.29) is 24.5 Å². The fourth-order valence-electron chi connectivity index (χ4n) is 4.26. The Morgan fingerprint density at radius 1 is 1.17 bits per heavy atom. The summed E-state index contributed by atoms with van der Waals surface area (Å²) >= 11 is 0. The molecule has 1 aliphatic heterocycles. The van der Waals surface area contributed by atoms with Gasteiger partial charge in [0.25, 0.3) is 11.8 Å². The molecule has 1 saturated carbocycles. The van der Waals surface area contributed by atoms with Gasteiger partial charge in [-0.25, -0.2) is 0 Å². The maximum atomic E-state index is 13.0. The Bertz CT molecular complexity index is 1200. The molecule has 1 N–H and O–H groups in total. The Kier molecular flexibility index (Phi) is 7.46. The summed E-state index contributed by atoms with van der Waals surface area (Å²) in [6, 6.07) is 14.2. The number of ether oxygens (including phenoxy) is 2. The lowest BCUT2D eigenvalue weighted by Gasteiger charge is -2.22. The van der Waals surface area contributed by atoms with Crippen LogP contribution in [0.3, 0.4) is 0 Å². The number of carbonyl (C=O) groups is 2. The number of carbonyl (C=O) groups excluding carboxylic acids is 2. The second kappa shape index (κ2) is 10.9. The highest BCUT2D eigenvalue weighted by Crippen LogP contribution is 2.31. The minimum atomic E-state index is -0.258. The van der Waals surface area contributed by atoms with Crippen LogP contribution in [0.25, 0.3) is 6.08 Å². The summed E-state index contributed by atoms with van der Waals surface area (Å²) in [5, 5.41) is 17.7. The van der Waals surface area contributed by atoms with E-state index in [2.05, 4.69) is 16.5 Å². The van der Waals surface area contributed by atoms with Gasteiger partial charge in [-0.3, -0.25) is 9.59 Å². The van der Waals surface area contributed by atoms with Crippen molar-refractivity contribution in [1.82, 2.24) is 5.32 Å². The predicted octanol–water partition coefficient (Wildman–Crippen LogP) is 4.20. The van der Waals surface area contributed by atoms with Crippen LogP contribution in [0, 0.1) is 11.3 Å². The smallest absolute Gasteiger partial charge is 0.280 e. The van der Waals surface area contributed by atoms with Gasteiger partial charge in [0, 0.05) is 6.04 Å². The molecule has 2 aromatic carbocycles. The molecular weight excluding hydrogens is 444 g/mol. The number of methoxy groups -OCH3 is 1. The number of benzene rings is 2. The predicted molar refractivity (Wildman–Crippen MR) is 133 cm³/mol. The van der Waals surface area contributed by atoms with Gasteiger partial charge in [0.1, 0.15) is 0 Å². The highest BCUT2D eigenvalue weighted by Gasteiger charge is 2.28. The van der Waals surface area contributed by atoms with E-state index in [0.29, 0.717) is 34.0 Å². The maximum Gasteiger partial charge on any atom is 0.280 e. The Labute approximate surface area is 204 Å². The second-order valence-electron chi connectivity index (χ2n) is 8.62. The van der Waals surface area contributed by atoms with Crippen molar-refractivity contribution in [2.24, 2.45) is 5.10 Å². The van der Waals surface area contributed by atoms with Crippen LogP contribution in [0.5, 0.6) is 11.5 Å². The van der Waals surface area contributed by atoms with E-state index in [1.165, 1.54) is 18.5 Å². The summed E-state index contributed by atoms with van der Waals surface area (Å²) in [7, 11) is 1.53. The SMILES string of the molecule is COc1cc(/C=C2/C(=O)N(c3ccc(C#N)cc3)N=C2C)ccc1OCC(=O)NC1CCCCC1. The summed E-state index contributed by atoms with van der Waals surface area (Å²) in [6.07, 6.45) is 7.30. The monoisotopic (exact) mass is 472 g/mol. The number of hydrogen-bond donors (Lipinski definition) is 1. The third kappa shape index (κ3) is 5.69. The van der Waals surface area contributed by atoms with Crippen molar-refractivity contribution in [3.05, 3.63) is 59.2 Å². The molecule has 8 heteroatoms. The van der Waals surface area contributed by atoms with Gasteiger partial charge in [-0.15, -0.1) is 0 Å². The normalized spacial score (nSPS) is 17.2. The van der Waals surface area contributed by atoms with Crippen LogP contribution in [0.15, 0.2) is 53.1 Å². The number of nitriles is 1. The molecule has 8 nitrogen and oxygen atoms in total. The van der Waals surface area contributed by atoms with Crippen molar-refractivity contribution in [2.75, 3.05) is 18.7 Å². The van der Waals surface area contributed by atoms with Gasteiger partial charge in [-0.1, -0.05) is 25.3 Å². The minimum Gasteiger partial charge on any atom is -0.493 e. The third-order valence-electron chi connectivity index (χ3n) is 6.13. The quantitative estimate of drug-likeness (QED) is 0.608.